The maximum atomic E-state index is 13.4. The monoisotopic (exact) mass is 470 g/mol. The molecule has 2 amide bonds. The molecule has 2 N–H and O–H groups in total. The first-order chi connectivity index (χ1) is 17.0. The zero-order valence-electron chi connectivity index (χ0n) is 18.8. The van der Waals surface area contributed by atoms with E-state index in [-0.39, 0.29) is 30.1 Å². The number of nitrogens with zero attached hydrogens (tertiary/aromatic N) is 3. The summed E-state index contributed by atoms with van der Waals surface area (Å²) in [6.45, 7) is 0.292. The number of benzene rings is 3. The molecule has 0 bridgehead atoms. The summed E-state index contributed by atoms with van der Waals surface area (Å²) in [7, 11) is 0. The summed E-state index contributed by atoms with van der Waals surface area (Å²) in [4.78, 5) is 27.1. The Hall–Kier alpha value is -4.04. The highest BCUT2D eigenvalue weighted by molar-refractivity contribution is 5.99. The highest BCUT2D eigenvalue weighted by Crippen LogP contribution is 2.47. The number of halogens is 1. The summed E-state index contributed by atoms with van der Waals surface area (Å²) in [6, 6.07) is 21.4. The minimum Gasteiger partial charge on any atom is -0.376 e. The van der Waals surface area contributed by atoms with Gasteiger partial charge >= 0.3 is 0 Å². The van der Waals surface area contributed by atoms with E-state index < -0.39 is 17.9 Å². The van der Waals surface area contributed by atoms with Gasteiger partial charge in [-0.3, -0.25) is 9.59 Å². The number of primary amides is 1. The van der Waals surface area contributed by atoms with Crippen LogP contribution in [0.3, 0.4) is 0 Å². The smallest absolute Gasteiger partial charge is 0.228 e. The van der Waals surface area contributed by atoms with E-state index >= 15 is 0 Å². The number of rotatable bonds is 5. The lowest BCUT2D eigenvalue weighted by Gasteiger charge is -2.41. The van der Waals surface area contributed by atoms with Crippen molar-refractivity contribution in [2.45, 2.75) is 18.6 Å². The molecule has 2 unspecified atom stereocenters. The number of amides is 2. The first-order valence-electron chi connectivity index (χ1n) is 11.5. The number of nitrogens with two attached hydrogens (primary N) is 1. The number of anilines is 1. The number of ether oxygens (including phenoxy) is 1. The molecule has 0 aliphatic carbocycles. The fraction of sp³-hybridized carbons (Fsp3) is 0.222. The van der Waals surface area contributed by atoms with E-state index in [0.717, 1.165) is 27.8 Å². The molecule has 2 aliphatic heterocycles. The van der Waals surface area contributed by atoms with Gasteiger partial charge in [-0.1, -0.05) is 30.3 Å². The second kappa shape index (κ2) is 8.32. The van der Waals surface area contributed by atoms with Gasteiger partial charge in [-0.15, -0.1) is 0 Å². The Bertz CT molecular complexity index is 1420. The van der Waals surface area contributed by atoms with Gasteiger partial charge in [0.15, 0.2) is 0 Å². The van der Waals surface area contributed by atoms with Gasteiger partial charge in [0, 0.05) is 23.4 Å². The average molecular weight is 471 g/mol. The molecule has 2 fully saturated rings. The molecule has 2 aliphatic rings. The standard InChI is InChI=1S/C27H23FN4O3/c28-18-6-8-19(9-7-18)32-23-11-10-20(12-17(23)14-30-32)31-24(33)13-21(26-22(15-35-26)27(29)34)25(31)16-4-2-1-3-5-16/h1-12,14,21-22,25-26H,13,15H2,(H2,29,34)/t21-,22?,25-,26?/m0/s1. The summed E-state index contributed by atoms with van der Waals surface area (Å²) in [6.07, 6.45) is 1.60. The van der Waals surface area contributed by atoms with E-state index in [9.17, 15) is 14.0 Å². The van der Waals surface area contributed by atoms with Crippen molar-refractivity contribution in [2.24, 2.45) is 17.6 Å². The van der Waals surface area contributed by atoms with Crippen molar-refractivity contribution >= 4 is 28.4 Å². The van der Waals surface area contributed by atoms with E-state index in [2.05, 4.69) is 5.10 Å². The number of hydrogen-bond acceptors (Lipinski definition) is 4. The summed E-state index contributed by atoms with van der Waals surface area (Å²) < 4.78 is 20.9. The topological polar surface area (TPSA) is 90.5 Å². The summed E-state index contributed by atoms with van der Waals surface area (Å²) in [5.41, 5.74) is 8.90. The maximum absolute atomic E-state index is 13.4. The lowest BCUT2D eigenvalue weighted by Crippen LogP contribution is -2.52. The molecule has 3 heterocycles. The van der Waals surface area contributed by atoms with Crippen LogP contribution >= 0.6 is 0 Å². The molecule has 8 heteroatoms. The van der Waals surface area contributed by atoms with Gasteiger partial charge in [0.05, 0.1) is 42.1 Å². The van der Waals surface area contributed by atoms with Crippen molar-refractivity contribution < 1.29 is 18.7 Å². The number of carbonyl (C=O) groups is 2. The molecule has 176 valence electrons. The minimum atomic E-state index is -0.395. The molecule has 0 spiro atoms. The van der Waals surface area contributed by atoms with E-state index in [1.54, 1.807) is 27.9 Å². The number of carbonyl (C=O) groups excluding carboxylic acids is 2. The van der Waals surface area contributed by atoms with E-state index in [1.807, 2.05) is 48.5 Å². The third-order valence-corrected chi connectivity index (χ3v) is 7.06. The van der Waals surface area contributed by atoms with Gasteiger partial charge in [-0.25, -0.2) is 9.07 Å². The Morgan fingerprint density at radius 3 is 2.46 bits per heavy atom. The third-order valence-electron chi connectivity index (χ3n) is 7.06. The van der Waals surface area contributed by atoms with Gasteiger partial charge in [-0.2, -0.15) is 5.10 Å². The van der Waals surface area contributed by atoms with Crippen LogP contribution in [0.4, 0.5) is 10.1 Å². The zero-order chi connectivity index (χ0) is 24.1. The van der Waals surface area contributed by atoms with Crippen LogP contribution in [0.25, 0.3) is 16.6 Å². The normalized spacial score (nSPS) is 24.0. The molecule has 0 saturated carbocycles. The number of hydrogen-bond donors (Lipinski definition) is 1. The van der Waals surface area contributed by atoms with Crippen molar-refractivity contribution in [3.05, 3.63) is 90.4 Å². The fourth-order valence-corrected chi connectivity index (χ4v) is 5.33. The van der Waals surface area contributed by atoms with Crippen LogP contribution in [0.15, 0.2) is 79.0 Å². The van der Waals surface area contributed by atoms with Crippen molar-refractivity contribution in [3.63, 3.8) is 0 Å². The first kappa shape index (κ1) is 21.5. The lowest BCUT2D eigenvalue weighted by molar-refractivity contribution is -0.166. The molecular formula is C27H23FN4O3. The highest BCUT2D eigenvalue weighted by Gasteiger charge is 2.52. The molecule has 3 aromatic carbocycles. The summed E-state index contributed by atoms with van der Waals surface area (Å²) >= 11 is 0. The highest BCUT2D eigenvalue weighted by atomic mass is 19.1. The van der Waals surface area contributed by atoms with Crippen LogP contribution in [-0.4, -0.2) is 34.3 Å². The maximum Gasteiger partial charge on any atom is 0.228 e. The van der Waals surface area contributed by atoms with Crippen molar-refractivity contribution in [3.8, 4) is 5.69 Å². The molecule has 1 aromatic heterocycles. The largest absolute Gasteiger partial charge is 0.376 e. The van der Waals surface area contributed by atoms with Crippen molar-refractivity contribution in [1.29, 1.82) is 0 Å². The third kappa shape index (κ3) is 3.57. The Morgan fingerprint density at radius 2 is 1.77 bits per heavy atom. The number of aromatic nitrogens is 2. The molecule has 2 saturated heterocycles. The predicted molar refractivity (Wildman–Crippen MR) is 128 cm³/mol. The zero-order valence-corrected chi connectivity index (χ0v) is 18.8. The Balaban J connectivity index is 1.40. The molecular weight excluding hydrogens is 447 g/mol. The Kier molecular flexibility index (Phi) is 5.11. The van der Waals surface area contributed by atoms with Crippen LogP contribution in [0, 0.1) is 17.7 Å². The van der Waals surface area contributed by atoms with Gasteiger partial charge in [0.25, 0.3) is 0 Å². The van der Waals surface area contributed by atoms with Crippen LogP contribution in [0.2, 0.25) is 0 Å². The van der Waals surface area contributed by atoms with Crippen LogP contribution < -0.4 is 10.6 Å². The number of fused-ring (bicyclic) bond motifs is 1. The van der Waals surface area contributed by atoms with Crippen molar-refractivity contribution in [1.82, 2.24) is 9.78 Å². The van der Waals surface area contributed by atoms with Gasteiger partial charge in [-0.05, 0) is 48.0 Å². The van der Waals surface area contributed by atoms with E-state index in [4.69, 9.17) is 10.5 Å². The SMILES string of the molecule is NC(=O)C1COC1[C@H]1CC(=O)N(c2ccc3c(cnn3-c3ccc(F)cc3)c2)[C@H]1c1ccccc1. The summed E-state index contributed by atoms with van der Waals surface area (Å²) in [5, 5.41) is 5.33. The molecule has 0 radical (unpaired) electrons. The Labute approximate surface area is 200 Å². The van der Waals surface area contributed by atoms with Crippen LogP contribution in [-0.2, 0) is 14.3 Å². The predicted octanol–water partition coefficient (Wildman–Crippen LogP) is 3.76. The minimum absolute atomic E-state index is 0.0344. The van der Waals surface area contributed by atoms with Crippen LogP contribution in [0.1, 0.15) is 18.0 Å². The average Bonchev–Trinajstić information content (AvgIpc) is 3.39. The molecule has 7 nitrogen and oxygen atoms in total. The van der Waals surface area contributed by atoms with Crippen LogP contribution in [0.5, 0.6) is 0 Å². The molecule has 4 aromatic rings. The molecule has 6 rings (SSSR count). The van der Waals surface area contributed by atoms with Gasteiger partial charge < -0.3 is 15.4 Å². The van der Waals surface area contributed by atoms with Crippen molar-refractivity contribution in [2.75, 3.05) is 11.5 Å². The Morgan fingerprint density at radius 1 is 1.03 bits per heavy atom. The van der Waals surface area contributed by atoms with E-state index in [0.29, 0.717) is 6.61 Å². The first-order valence-corrected chi connectivity index (χ1v) is 11.5. The second-order valence-electron chi connectivity index (χ2n) is 9.07. The molecule has 35 heavy (non-hydrogen) atoms. The fourth-order valence-electron chi connectivity index (χ4n) is 5.33. The second-order valence-corrected chi connectivity index (χ2v) is 9.07. The quantitative estimate of drug-likeness (QED) is 0.481. The summed E-state index contributed by atoms with van der Waals surface area (Å²) in [5.74, 6) is -1.33. The lowest BCUT2D eigenvalue weighted by atomic mass is 9.80. The van der Waals surface area contributed by atoms with E-state index in [1.165, 1.54) is 12.1 Å². The molecule has 4 atom stereocenters. The van der Waals surface area contributed by atoms with Gasteiger partial charge in [0.1, 0.15) is 5.82 Å². The van der Waals surface area contributed by atoms with Gasteiger partial charge in [0.2, 0.25) is 11.8 Å².